The summed E-state index contributed by atoms with van der Waals surface area (Å²) >= 11 is 0. The predicted octanol–water partition coefficient (Wildman–Crippen LogP) is 4.24. The molecular formula is C25H22N2O3. The van der Waals surface area contributed by atoms with Gasteiger partial charge in [-0.1, -0.05) is 48.5 Å². The molecule has 0 atom stereocenters. The number of methoxy groups -OCH3 is 1. The summed E-state index contributed by atoms with van der Waals surface area (Å²) in [5, 5.41) is 7.70. The van der Waals surface area contributed by atoms with E-state index in [1.54, 1.807) is 24.3 Å². The van der Waals surface area contributed by atoms with Gasteiger partial charge in [-0.25, -0.2) is 0 Å². The van der Waals surface area contributed by atoms with Crippen LogP contribution in [0.25, 0.3) is 0 Å². The molecule has 30 heavy (non-hydrogen) atoms. The molecule has 0 saturated heterocycles. The summed E-state index contributed by atoms with van der Waals surface area (Å²) in [6, 6.07) is 22.8. The Morgan fingerprint density at radius 2 is 1.40 bits per heavy atom. The van der Waals surface area contributed by atoms with Crippen LogP contribution in [0, 0.1) is 5.41 Å². The molecule has 0 unspecified atom stereocenters. The third-order valence-electron chi connectivity index (χ3n) is 5.33. The van der Waals surface area contributed by atoms with Gasteiger partial charge in [-0.2, -0.15) is 0 Å². The second-order valence-corrected chi connectivity index (χ2v) is 7.29. The Kier molecular flexibility index (Phi) is 5.44. The molecule has 4 rings (SSSR count). The quantitative estimate of drug-likeness (QED) is 0.384. The zero-order valence-electron chi connectivity index (χ0n) is 16.7. The molecule has 0 aliphatic carbocycles. The Balaban J connectivity index is 1.42. The second-order valence-electron chi connectivity index (χ2n) is 7.29. The molecule has 1 heterocycles. The van der Waals surface area contributed by atoms with Crippen LogP contribution in [0.15, 0.2) is 72.8 Å². The number of aryl methyl sites for hydroxylation is 2. The molecule has 3 aromatic carbocycles. The van der Waals surface area contributed by atoms with Crippen molar-refractivity contribution in [3.8, 4) is 0 Å². The average Bonchev–Trinajstić information content (AvgIpc) is 3.03. The van der Waals surface area contributed by atoms with Gasteiger partial charge in [-0.15, -0.1) is 0 Å². The summed E-state index contributed by atoms with van der Waals surface area (Å²) in [4.78, 5) is 26.5. The Hall–Kier alpha value is -3.73. The highest BCUT2D eigenvalue weighted by Crippen LogP contribution is 2.24. The Morgan fingerprint density at radius 3 is 2.03 bits per heavy atom. The first-order chi connectivity index (χ1) is 14.6. The van der Waals surface area contributed by atoms with Crippen molar-refractivity contribution in [2.45, 2.75) is 19.4 Å². The monoisotopic (exact) mass is 398 g/mol. The van der Waals surface area contributed by atoms with Gasteiger partial charge in [0.15, 0.2) is 0 Å². The lowest BCUT2D eigenvalue weighted by Crippen LogP contribution is -2.29. The number of hydrogen-bond acceptors (Lipinski definition) is 4. The smallest absolute Gasteiger partial charge is 0.261 e. The van der Waals surface area contributed by atoms with Crippen LogP contribution in [-0.4, -0.2) is 29.7 Å². The van der Waals surface area contributed by atoms with Crippen LogP contribution in [0.4, 0.5) is 0 Å². The standard InChI is InChI=1S/C25H22N2O3/c1-30-23(26)20-13-11-17(12-14-20)9-10-18-5-4-6-19(15-18)16-27-24(28)21-7-2-3-8-22(21)25(27)29/h2-8,11-15,26H,9-10,16H2,1H3. The summed E-state index contributed by atoms with van der Waals surface area (Å²) in [6.45, 7) is 0.272. The summed E-state index contributed by atoms with van der Waals surface area (Å²) in [5.41, 5.74) is 4.97. The summed E-state index contributed by atoms with van der Waals surface area (Å²) in [5.74, 6) is -0.312. The Bertz CT molecular complexity index is 1080. The van der Waals surface area contributed by atoms with E-state index in [1.807, 2.05) is 36.4 Å². The van der Waals surface area contributed by atoms with E-state index in [2.05, 4.69) is 12.1 Å². The number of hydrogen-bond donors (Lipinski definition) is 1. The molecule has 5 nitrogen and oxygen atoms in total. The van der Waals surface area contributed by atoms with E-state index in [1.165, 1.54) is 17.6 Å². The highest BCUT2D eigenvalue weighted by molar-refractivity contribution is 6.21. The van der Waals surface area contributed by atoms with Crippen LogP contribution < -0.4 is 0 Å². The molecule has 0 saturated carbocycles. The third-order valence-corrected chi connectivity index (χ3v) is 5.33. The average molecular weight is 398 g/mol. The first-order valence-corrected chi connectivity index (χ1v) is 9.81. The highest BCUT2D eigenvalue weighted by atomic mass is 16.5. The zero-order valence-corrected chi connectivity index (χ0v) is 16.7. The minimum absolute atomic E-state index is 0.155. The number of rotatable bonds is 6. The number of carbonyl (C=O) groups is 2. The van der Waals surface area contributed by atoms with Gasteiger partial charge in [0, 0.05) is 5.56 Å². The molecule has 1 aliphatic heterocycles. The number of ether oxygens (including phenoxy) is 1. The first kappa shape index (κ1) is 19.6. The van der Waals surface area contributed by atoms with Gasteiger partial charge < -0.3 is 4.74 Å². The lowest BCUT2D eigenvalue weighted by molar-refractivity contribution is 0.0642. The van der Waals surface area contributed by atoms with Crippen molar-refractivity contribution in [3.05, 3.63) is 106 Å². The molecule has 5 heteroatoms. The fraction of sp³-hybridized carbons (Fsp3) is 0.160. The number of carbonyl (C=O) groups excluding carboxylic acids is 2. The van der Waals surface area contributed by atoms with Gasteiger partial charge in [0.05, 0.1) is 24.8 Å². The number of amides is 2. The molecule has 0 radical (unpaired) electrons. The zero-order chi connectivity index (χ0) is 21.1. The molecule has 1 aliphatic rings. The minimum Gasteiger partial charge on any atom is -0.481 e. The van der Waals surface area contributed by atoms with Gasteiger partial charge in [0.1, 0.15) is 0 Å². The maximum absolute atomic E-state index is 12.6. The van der Waals surface area contributed by atoms with E-state index < -0.39 is 0 Å². The van der Waals surface area contributed by atoms with Crippen molar-refractivity contribution in [2.75, 3.05) is 7.11 Å². The Labute approximate surface area is 175 Å². The second kappa shape index (κ2) is 8.33. The van der Waals surface area contributed by atoms with Crippen molar-refractivity contribution < 1.29 is 14.3 Å². The minimum atomic E-state index is -0.234. The summed E-state index contributed by atoms with van der Waals surface area (Å²) in [6.07, 6.45) is 1.70. The summed E-state index contributed by atoms with van der Waals surface area (Å²) < 4.78 is 4.94. The number of nitrogens with one attached hydrogen (secondary N) is 1. The van der Waals surface area contributed by atoms with E-state index in [0.29, 0.717) is 11.1 Å². The molecule has 1 N–H and O–H groups in total. The maximum Gasteiger partial charge on any atom is 0.261 e. The number of fused-ring (bicyclic) bond motifs is 1. The largest absolute Gasteiger partial charge is 0.481 e. The predicted molar refractivity (Wildman–Crippen MR) is 115 cm³/mol. The fourth-order valence-corrected chi connectivity index (χ4v) is 3.68. The van der Waals surface area contributed by atoms with Gasteiger partial charge in [-0.05, 0) is 53.8 Å². The molecular weight excluding hydrogens is 376 g/mol. The normalized spacial score (nSPS) is 12.8. The van der Waals surface area contributed by atoms with Crippen molar-refractivity contribution in [1.29, 1.82) is 5.41 Å². The molecule has 0 bridgehead atoms. The van der Waals surface area contributed by atoms with Crippen molar-refractivity contribution >= 4 is 17.7 Å². The van der Waals surface area contributed by atoms with Gasteiger partial charge in [-0.3, -0.25) is 19.9 Å². The van der Waals surface area contributed by atoms with Crippen LogP contribution >= 0.6 is 0 Å². The van der Waals surface area contributed by atoms with Crippen LogP contribution in [0.1, 0.15) is 43.0 Å². The lowest BCUT2D eigenvalue weighted by Gasteiger charge is -2.14. The van der Waals surface area contributed by atoms with E-state index in [4.69, 9.17) is 10.1 Å². The van der Waals surface area contributed by atoms with Gasteiger partial charge in [0.2, 0.25) is 5.90 Å². The van der Waals surface area contributed by atoms with E-state index in [9.17, 15) is 9.59 Å². The topological polar surface area (TPSA) is 70.5 Å². The van der Waals surface area contributed by atoms with Crippen LogP contribution in [0.3, 0.4) is 0 Å². The maximum atomic E-state index is 12.6. The SMILES string of the molecule is COC(=N)c1ccc(CCc2cccc(CN3C(=O)c4ccccc4C3=O)c2)cc1. The molecule has 3 aromatic rings. The van der Waals surface area contributed by atoms with Gasteiger partial charge in [0.25, 0.3) is 11.8 Å². The van der Waals surface area contributed by atoms with Crippen LogP contribution in [0.5, 0.6) is 0 Å². The van der Waals surface area contributed by atoms with Crippen LogP contribution in [0.2, 0.25) is 0 Å². The van der Waals surface area contributed by atoms with Gasteiger partial charge >= 0.3 is 0 Å². The number of benzene rings is 3. The van der Waals surface area contributed by atoms with E-state index in [-0.39, 0.29) is 24.3 Å². The molecule has 0 spiro atoms. The lowest BCUT2D eigenvalue weighted by atomic mass is 10.0. The molecule has 0 fully saturated rings. The number of imide groups is 1. The Morgan fingerprint density at radius 1 is 0.800 bits per heavy atom. The molecule has 0 aromatic heterocycles. The van der Waals surface area contributed by atoms with Crippen molar-refractivity contribution in [3.63, 3.8) is 0 Å². The summed E-state index contributed by atoms with van der Waals surface area (Å²) in [7, 11) is 1.49. The molecule has 150 valence electrons. The first-order valence-electron chi connectivity index (χ1n) is 9.81. The van der Waals surface area contributed by atoms with E-state index >= 15 is 0 Å². The fourth-order valence-electron chi connectivity index (χ4n) is 3.68. The van der Waals surface area contributed by atoms with Crippen LogP contribution in [-0.2, 0) is 24.1 Å². The highest BCUT2D eigenvalue weighted by Gasteiger charge is 2.34. The molecule has 2 amide bonds. The van der Waals surface area contributed by atoms with E-state index in [0.717, 1.165) is 29.5 Å². The third kappa shape index (κ3) is 3.87. The van der Waals surface area contributed by atoms with Crippen molar-refractivity contribution in [2.24, 2.45) is 0 Å². The number of nitrogens with zero attached hydrogens (tertiary/aromatic N) is 1. The van der Waals surface area contributed by atoms with Crippen molar-refractivity contribution in [1.82, 2.24) is 4.90 Å².